The largest absolute Gasteiger partial charge is 0.381 e. The zero-order chi connectivity index (χ0) is 8.32. The minimum Gasteiger partial charge on any atom is -0.381 e. The molecule has 2 nitrogen and oxygen atoms in total. The molecule has 0 atom stereocenters. The Morgan fingerprint density at radius 3 is 2.18 bits per heavy atom. The van der Waals surface area contributed by atoms with Crippen molar-refractivity contribution in [1.29, 1.82) is 0 Å². The van der Waals surface area contributed by atoms with E-state index >= 15 is 0 Å². The van der Waals surface area contributed by atoms with Gasteiger partial charge in [-0.1, -0.05) is 5.92 Å². The molecule has 0 bridgehead atoms. The summed E-state index contributed by atoms with van der Waals surface area (Å²) in [5, 5.41) is 0. The monoisotopic (exact) mass is 153 g/mol. The van der Waals surface area contributed by atoms with Crippen LogP contribution in [0, 0.1) is 12.3 Å². The van der Waals surface area contributed by atoms with Crippen LogP contribution in [-0.2, 0) is 4.74 Å². The molecule has 0 aliphatic carbocycles. The van der Waals surface area contributed by atoms with E-state index in [0.29, 0.717) is 0 Å². The van der Waals surface area contributed by atoms with E-state index in [4.69, 9.17) is 11.2 Å². The number of rotatable bonds is 1. The second-order valence-electron chi connectivity index (χ2n) is 3.18. The summed E-state index contributed by atoms with van der Waals surface area (Å²) in [5.41, 5.74) is -0.0434. The molecular formula is C9H15NO. The van der Waals surface area contributed by atoms with E-state index in [0.717, 1.165) is 26.1 Å². The van der Waals surface area contributed by atoms with Crippen molar-refractivity contribution in [2.75, 3.05) is 27.3 Å². The van der Waals surface area contributed by atoms with Gasteiger partial charge in [-0.3, -0.25) is 4.90 Å². The summed E-state index contributed by atoms with van der Waals surface area (Å²) < 4.78 is 5.25. The van der Waals surface area contributed by atoms with Crippen molar-refractivity contribution in [3.8, 4) is 12.3 Å². The van der Waals surface area contributed by atoms with Gasteiger partial charge in [0.05, 0.1) is 5.54 Å². The lowest BCUT2D eigenvalue weighted by molar-refractivity contribution is 0.0216. The van der Waals surface area contributed by atoms with Gasteiger partial charge in [0, 0.05) is 26.1 Å². The number of ether oxygens (including phenoxy) is 1. The molecule has 1 heterocycles. The molecule has 0 unspecified atom stereocenters. The van der Waals surface area contributed by atoms with Gasteiger partial charge in [-0.05, 0) is 14.1 Å². The highest BCUT2D eigenvalue weighted by Gasteiger charge is 2.32. The van der Waals surface area contributed by atoms with Gasteiger partial charge in [0.1, 0.15) is 0 Å². The summed E-state index contributed by atoms with van der Waals surface area (Å²) in [5.74, 6) is 2.86. The molecule has 0 aromatic rings. The Balaban J connectivity index is 2.67. The molecular weight excluding hydrogens is 138 g/mol. The molecule has 1 saturated heterocycles. The first-order valence-electron chi connectivity index (χ1n) is 3.94. The van der Waals surface area contributed by atoms with Crippen molar-refractivity contribution in [3.05, 3.63) is 0 Å². The van der Waals surface area contributed by atoms with E-state index in [1.165, 1.54) is 0 Å². The summed E-state index contributed by atoms with van der Waals surface area (Å²) in [7, 11) is 4.07. The predicted octanol–water partition coefficient (Wildman–Crippen LogP) is 0.730. The van der Waals surface area contributed by atoms with Crippen molar-refractivity contribution in [3.63, 3.8) is 0 Å². The molecule has 0 radical (unpaired) electrons. The Hall–Kier alpha value is -0.520. The zero-order valence-electron chi connectivity index (χ0n) is 7.26. The minimum atomic E-state index is -0.0434. The number of hydrogen-bond donors (Lipinski definition) is 0. The van der Waals surface area contributed by atoms with Gasteiger partial charge in [-0.25, -0.2) is 0 Å². The van der Waals surface area contributed by atoms with Gasteiger partial charge in [0.25, 0.3) is 0 Å². The zero-order valence-corrected chi connectivity index (χ0v) is 7.26. The number of hydrogen-bond acceptors (Lipinski definition) is 2. The average Bonchev–Trinajstić information content (AvgIpc) is 2.05. The lowest BCUT2D eigenvalue weighted by atomic mass is 9.90. The molecule has 1 fully saturated rings. The Bertz CT molecular complexity index is 163. The van der Waals surface area contributed by atoms with Crippen LogP contribution in [0.1, 0.15) is 12.8 Å². The maximum absolute atomic E-state index is 5.49. The van der Waals surface area contributed by atoms with Crippen LogP contribution in [0.4, 0.5) is 0 Å². The second-order valence-corrected chi connectivity index (χ2v) is 3.18. The van der Waals surface area contributed by atoms with Crippen LogP contribution >= 0.6 is 0 Å². The van der Waals surface area contributed by atoms with E-state index in [2.05, 4.69) is 10.8 Å². The lowest BCUT2D eigenvalue weighted by Gasteiger charge is -2.38. The van der Waals surface area contributed by atoms with Crippen molar-refractivity contribution in [2.24, 2.45) is 0 Å². The minimum absolute atomic E-state index is 0.0434. The molecule has 0 saturated carbocycles. The Morgan fingerprint density at radius 1 is 1.36 bits per heavy atom. The highest BCUT2D eigenvalue weighted by molar-refractivity contribution is 5.13. The molecule has 2 heteroatoms. The highest BCUT2D eigenvalue weighted by Crippen LogP contribution is 2.24. The SMILES string of the molecule is C#CC1(N(C)C)CCOCC1. The van der Waals surface area contributed by atoms with Crippen LogP contribution in [-0.4, -0.2) is 37.7 Å². The van der Waals surface area contributed by atoms with Crippen LogP contribution in [0.3, 0.4) is 0 Å². The summed E-state index contributed by atoms with van der Waals surface area (Å²) in [6.07, 6.45) is 7.40. The van der Waals surface area contributed by atoms with Crippen LogP contribution in [0.25, 0.3) is 0 Å². The molecule has 0 aromatic carbocycles. The predicted molar refractivity (Wildman–Crippen MR) is 45.3 cm³/mol. The van der Waals surface area contributed by atoms with E-state index in [1.54, 1.807) is 0 Å². The molecule has 11 heavy (non-hydrogen) atoms. The molecule has 0 amide bonds. The first-order valence-corrected chi connectivity index (χ1v) is 3.94. The van der Waals surface area contributed by atoms with Crippen LogP contribution in [0.2, 0.25) is 0 Å². The summed E-state index contributed by atoms with van der Waals surface area (Å²) in [4.78, 5) is 2.12. The molecule has 62 valence electrons. The molecule has 0 N–H and O–H groups in total. The van der Waals surface area contributed by atoms with Gasteiger partial charge < -0.3 is 4.74 Å². The molecule has 0 aromatic heterocycles. The van der Waals surface area contributed by atoms with Gasteiger partial charge in [0.15, 0.2) is 0 Å². The fourth-order valence-electron chi connectivity index (χ4n) is 1.43. The maximum Gasteiger partial charge on any atom is 0.0862 e. The third-order valence-corrected chi connectivity index (χ3v) is 2.44. The van der Waals surface area contributed by atoms with Crippen molar-refractivity contribution in [1.82, 2.24) is 4.90 Å². The average molecular weight is 153 g/mol. The number of terminal acetylenes is 1. The Labute approximate surface area is 68.5 Å². The van der Waals surface area contributed by atoms with Crippen LogP contribution < -0.4 is 0 Å². The third-order valence-electron chi connectivity index (χ3n) is 2.44. The number of nitrogens with zero attached hydrogens (tertiary/aromatic N) is 1. The van der Waals surface area contributed by atoms with Crippen molar-refractivity contribution < 1.29 is 4.74 Å². The Morgan fingerprint density at radius 2 is 1.91 bits per heavy atom. The first kappa shape index (κ1) is 8.58. The van der Waals surface area contributed by atoms with E-state index in [9.17, 15) is 0 Å². The quantitative estimate of drug-likeness (QED) is 0.515. The van der Waals surface area contributed by atoms with Gasteiger partial charge in [-0.15, -0.1) is 6.42 Å². The fourth-order valence-corrected chi connectivity index (χ4v) is 1.43. The molecule has 1 aliphatic rings. The highest BCUT2D eigenvalue weighted by atomic mass is 16.5. The van der Waals surface area contributed by atoms with Gasteiger partial charge in [-0.2, -0.15) is 0 Å². The van der Waals surface area contributed by atoms with Crippen LogP contribution in [0.5, 0.6) is 0 Å². The van der Waals surface area contributed by atoms with Gasteiger partial charge >= 0.3 is 0 Å². The van der Waals surface area contributed by atoms with Crippen LogP contribution in [0.15, 0.2) is 0 Å². The third kappa shape index (κ3) is 1.55. The van der Waals surface area contributed by atoms with Gasteiger partial charge in [0.2, 0.25) is 0 Å². The van der Waals surface area contributed by atoms with E-state index in [1.807, 2.05) is 14.1 Å². The normalized spacial score (nSPS) is 23.1. The Kier molecular flexibility index (Phi) is 2.53. The molecule has 0 spiro atoms. The summed E-state index contributed by atoms with van der Waals surface area (Å²) >= 11 is 0. The fraction of sp³-hybridized carbons (Fsp3) is 0.778. The summed E-state index contributed by atoms with van der Waals surface area (Å²) in [6, 6.07) is 0. The van der Waals surface area contributed by atoms with E-state index < -0.39 is 0 Å². The topological polar surface area (TPSA) is 12.5 Å². The van der Waals surface area contributed by atoms with Crippen molar-refractivity contribution >= 4 is 0 Å². The lowest BCUT2D eigenvalue weighted by Crippen LogP contribution is -2.47. The molecule has 1 aliphatic heterocycles. The first-order chi connectivity index (χ1) is 5.21. The molecule has 1 rings (SSSR count). The second kappa shape index (κ2) is 3.25. The van der Waals surface area contributed by atoms with Crippen molar-refractivity contribution in [2.45, 2.75) is 18.4 Å². The smallest absolute Gasteiger partial charge is 0.0862 e. The summed E-state index contributed by atoms with van der Waals surface area (Å²) in [6.45, 7) is 1.59. The van der Waals surface area contributed by atoms with E-state index in [-0.39, 0.29) is 5.54 Å². The standard InChI is InChI=1S/C9H15NO/c1-4-9(10(2)3)5-7-11-8-6-9/h1H,5-8H2,2-3H3. The maximum atomic E-state index is 5.49.